The summed E-state index contributed by atoms with van der Waals surface area (Å²) < 4.78 is 5.78. The summed E-state index contributed by atoms with van der Waals surface area (Å²) in [5, 5.41) is 7.11. The van der Waals surface area contributed by atoms with E-state index in [0.717, 1.165) is 39.0 Å². The lowest BCUT2D eigenvalue weighted by atomic mass is 10.1. The molecule has 0 saturated carbocycles. The van der Waals surface area contributed by atoms with Crippen molar-refractivity contribution in [1.29, 1.82) is 0 Å². The van der Waals surface area contributed by atoms with Crippen LogP contribution < -0.4 is 15.4 Å². The Bertz CT molecular complexity index is 993. The van der Waals surface area contributed by atoms with Crippen molar-refractivity contribution in [2.24, 2.45) is 0 Å². The van der Waals surface area contributed by atoms with Gasteiger partial charge in [-0.15, -0.1) is 0 Å². The van der Waals surface area contributed by atoms with E-state index in [9.17, 15) is 4.79 Å². The van der Waals surface area contributed by atoms with Gasteiger partial charge in [-0.05, 0) is 74.7 Å². The lowest BCUT2D eigenvalue weighted by Gasteiger charge is -2.14. The average molecular weight is 423 g/mol. The van der Waals surface area contributed by atoms with Crippen LogP contribution in [0.1, 0.15) is 29.5 Å². The maximum Gasteiger partial charge on any atom is 0.224 e. The van der Waals surface area contributed by atoms with E-state index in [-0.39, 0.29) is 5.91 Å². The van der Waals surface area contributed by atoms with E-state index in [1.807, 2.05) is 74.5 Å². The van der Waals surface area contributed by atoms with E-state index in [0.29, 0.717) is 19.4 Å². The molecule has 156 valence electrons. The molecular weight excluding hydrogens is 396 g/mol. The van der Waals surface area contributed by atoms with Crippen LogP contribution in [-0.2, 0) is 4.79 Å². The molecule has 0 atom stereocenters. The van der Waals surface area contributed by atoms with Crippen molar-refractivity contribution in [2.45, 2.75) is 33.6 Å². The number of halogens is 1. The number of amides is 1. The maximum absolute atomic E-state index is 12.4. The minimum Gasteiger partial charge on any atom is -0.494 e. The highest BCUT2D eigenvalue weighted by Crippen LogP contribution is 2.27. The number of para-hydroxylation sites is 2. The Labute approximate surface area is 183 Å². The van der Waals surface area contributed by atoms with E-state index < -0.39 is 0 Å². The van der Waals surface area contributed by atoms with E-state index in [2.05, 4.69) is 17.6 Å². The Morgan fingerprint density at radius 2 is 1.57 bits per heavy atom. The van der Waals surface area contributed by atoms with E-state index in [1.54, 1.807) is 0 Å². The summed E-state index contributed by atoms with van der Waals surface area (Å²) >= 11 is 6.19. The molecule has 5 heteroatoms. The lowest BCUT2D eigenvalue weighted by Crippen LogP contribution is -2.14. The second kappa shape index (κ2) is 10.2. The van der Waals surface area contributed by atoms with Gasteiger partial charge in [-0.1, -0.05) is 41.4 Å². The molecule has 0 radical (unpaired) electrons. The van der Waals surface area contributed by atoms with Gasteiger partial charge in [-0.3, -0.25) is 4.79 Å². The molecule has 0 saturated heterocycles. The quantitative estimate of drug-likeness (QED) is 0.392. The van der Waals surface area contributed by atoms with Crippen molar-refractivity contribution in [3.63, 3.8) is 0 Å². The summed E-state index contributed by atoms with van der Waals surface area (Å²) in [6.45, 7) is 6.43. The molecule has 2 N–H and O–H groups in total. The molecule has 3 aromatic carbocycles. The molecule has 4 nitrogen and oxygen atoms in total. The second-order valence-electron chi connectivity index (χ2n) is 7.41. The van der Waals surface area contributed by atoms with Crippen LogP contribution in [0, 0.1) is 20.8 Å². The molecular formula is C25H27ClN2O2. The number of benzene rings is 3. The Balaban J connectivity index is 1.51. The van der Waals surface area contributed by atoms with Gasteiger partial charge in [0.25, 0.3) is 0 Å². The summed E-state index contributed by atoms with van der Waals surface area (Å²) in [5.74, 6) is 0.739. The molecule has 3 aromatic rings. The van der Waals surface area contributed by atoms with Crippen LogP contribution in [0.15, 0.2) is 60.7 Å². The van der Waals surface area contributed by atoms with Crippen molar-refractivity contribution in [3.05, 3.63) is 82.4 Å². The molecule has 0 aliphatic rings. The van der Waals surface area contributed by atoms with Crippen molar-refractivity contribution in [3.8, 4) is 5.75 Å². The highest BCUT2D eigenvalue weighted by atomic mass is 35.5. The third-order valence-corrected chi connectivity index (χ3v) is 5.35. The van der Waals surface area contributed by atoms with Crippen LogP contribution in [0.3, 0.4) is 0 Å². The first kappa shape index (κ1) is 21.7. The van der Waals surface area contributed by atoms with Crippen LogP contribution in [0.25, 0.3) is 0 Å². The predicted molar refractivity (Wildman–Crippen MR) is 125 cm³/mol. The van der Waals surface area contributed by atoms with Gasteiger partial charge in [0.05, 0.1) is 18.0 Å². The molecule has 0 bridgehead atoms. The number of nitrogens with one attached hydrogen (secondary N) is 2. The number of carbonyl (C=O) groups excluding carboxylic acids is 1. The fourth-order valence-corrected chi connectivity index (χ4v) is 3.23. The zero-order valence-electron chi connectivity index (χ0n) is 17.6. The van der Waals surface area contributed by atoms with Crippen molar-refractivity contribution >= 4 is 34.6 Å². The average Bonchev–Trinajstić information content (AvgIpc) is 2.72. The second-order valence-corrected chi connectivity index (χ2v) is 7.79. The molecule has 0 fully saturated rings. The zero-order valence-corrected chi connectivity index (χ0v) is 18.3. The van der Waals surface area contributed by atoms with Gasteiger partial charge in [-0.2, -0.15) is 0 Å². The molecule has 0 spiro atoms. The summed E-state index contributed by atoms with van der Waals surface area (Å²) in [6.07, 6.45) is 1.00. The first-order valence-electron chi connectivity index (χ1n) is 10.0. The largest absolute Gasteiger partial charge is 0.494 e. The van der Waals surface area contributed by atoms with Gasteiger partial charge >= 0.3 is 0 Å². The first-order valence-corrected chi connectivity index (χ1v) is 10.4. The lowest BCUT2D eigenvalue weighted by molar-refractivity contribution is -0.116. The van der Waals surface area contributed by atoms with Crippen LogP contribution in [0.5, 0.6) is 5.75 Å². The number of hydrogen-bond acceptors (Lipinski definition) is 3. The first-order chi connectivity index (χ1) is 14.4. The van der Waals surface area contributed by atoms with Crippen LogP contribution in [-0.4, -0.2) is 12.5 Å². The molecule has 0 aromatic heterocycles. The van der Waals surface area contributed by atoms with Crippen molar-refractivity contribution < 1.29 is 9.53 Å². The Hall–Kier alpha value is -2.98. The van der Waals surface area contributed by atoms with E-state index in [1.165, 1.54) is 5.56 Å². The zero-order chi connectivity index (χ0) is 21.5. The monoisotopic (exact) mass is 422 g/mol. The van der Waals surface area contributed by atoms with E-state index >= 15 is 0 Å². The molecule has 30 heavy (non-hydrogen) atoms. The number of aryl methyl sites for hydroxylation is 3. The number of hydrogen-bond donors (Lipinski definition) is 2. The summed E-state index contributed by atoms with van der Waals surface area (Å²) in [6, 6.07) is 19.7. The molecule has 0 heterocycles. The fourth-order valence-electron chi connectivity index (χ4n) is 3.12. The maximum atomic E-state index is 12.4. The smallest absolute Gasteiger partial charge is 0.224 e. The summed E-state index contributed by atoms with van der Waals surface area (Å²) in [5.41, 5.74) is 5.77. The third-order valence-electron chi connectivity index (χ3n) is 4.76. The Morgan fingerprint density at radius 1 is 0.933 bits per heavy atom. The standard InChI is InChI=1S/C25H27ClN2O2/c1-17-10-12-20(13-11-17)27-22-7-4-5-8-23(22)28-24(29)9-6-14-30-21-15-18(2)25(26)19(3)16-21/h4-5,7-8,10-13,15-16,27H,6,9,14H2,1-3H3,(H,28,29). The molecule has 1 amide bonds. The van der Waals surface area contributed by atoms with Crippen molar-refractivity contribution in [2.75, 3.05) is 17.2 Å². The molecule has 0 unspecified atom stereocenters. The van der Waals surface area contributed by atoms with Crippen LogP contribution in [0.2, 0.25) is 5.02 Å². The predicted octanol–water partition coefficient (Wildman–Crippen LogP) is 6.81. The van der Waals surface area contributed by atoms with Gasteiger partial charge in [0.2, 0.25) is 5.91 Å². The topological polar surface area (TPSA) is 50.4 Å². The van der Waals surface area contributed by atoms with Gasteiger partial charge in [0, 0.05) is 17.1 Å². The van der Waals surface area contributed by atoms with Crippen LogP contribution >= 0.6 is 11.6 Å². The van der Waals surface area contributed by atoms with E-state index in [4.69, 9.17) is 16.3 Å². The molecule has 0 aliphatic carbocycles. The summed E-state index contributed by atoms with van der Waals surface area (Å²) in [7, 11) is 0. The van der Waals surface area contributed by atoms with Gasteiger partial charge in [-0.25, -0.2) is 0 Å². The molecule has 3 rings (SSSR count). The highest BCUT2D eigenvalue weighted by Gasteiger charge is 2.08. The Morgan fingerprint density at radius 3 is 2.23 bits per heavy atom. The third kappa shape index (κ3) is 6.01. The SMILES string of the molecule is Cc1ccc(Nc2ccccc2NC(=O)CCCOc2cc(C)c(Cl)c(C)c2)cc1. The minimum atomic E-state index is -0.0415. The highest BCUT2D eigenvalue weighted by molar-refractivity contribution is 6.32. The fraction of sp³-hybridized carbons (Fsp3) is 0.240. The van der Waals surface area contributed by atoms with Gasteiger partial charge < -0.3 is 15.4 Å². The summed E-state index contributed by atoms with van der Waals surface area (Å²) in [4.78, 5) is 12.4. The number of anilines is 3. The number of ether oxygens (including phenoxy) is 1. The normalized spacial score (nSPS) is 10.5. The minimum absolute atomic E-state index is 0.0415. The van der Waals surface area contributed by atoms with Crippen LogP contribution in [0.4, 0.5) is 17.1 Å². The molecule has 0 aliphatic heterocycles. The number of rotatable bonds is 8. The van der Waals surface area contributed by atoms with Gasteiger partial charge in [0.1, 0.15) is 5.75 Å². The number of carbonyl (C=O) groups is 1. The Kier molecular flexibility index (Phi) is 7.36. The van der Waals surface area contributed by atoms with Gasteiger partial charge in [0.15, 0.2) is 0 Å². The van der Waals surface area contributed by atoms with Crippen molar-refractivity contribution in [1.82, 2.24) is 0 Å².